The lowest BCUT2D eigenvalue weighted by molar-refractivity contribution is 0.551. The van der Waals surface area contributed by atoms with Gasteiger partial charge in [0.25, 0.3) is 5.56 Å². The summed E-state index contributed by atoms with van der Waals surface area (Å²) in [6.07, 6.45) is 0. The highest BCUT2D eigenvalue weighted by Gasteiger charge is 2.22. The van der Waals surface area contributed by atoms with Gasteiger partial charge in [0, 0.05) is 5.41 Å². The smallest absolute Gasteiger partial charge is 0.273 e. The molecule has 0 atom stereocenters. The van der Waals surface area contributed by atoms with E-state index in [9.17, 15) is 4.79 Å². The van der Waals surface area contributed by atoms with E-state index in [1.54, 1.807) is 0 Å². The van der Waals surface area contributed by atoms with Crippen LogP contribution in [0.25, 0.3) is 11.0 Å². The third-order valence-corrected chi connectivity index (χ3v) is 3.75. The van der Waals surface area contributed by atoms with Crippen LogP contribution >= 0.6 is 0 Å². The second kappa shape index (κ2) is 5.41. The summed E-state index contributed by atoms with van der Waals surface area (Å²) in [6.45, 7) is 6.64. The molecular formula is C19H20N2O. The average Bonchev–Trinajstić information content (AvgIpc) is 2.50. The van der Waals surface area contributed by atoms with Gasteiger partial charge in [0.1, 0.15) is 5.69 Å². The Morgan fingerprint density at radius 3 is 2.27 bits per heavy atom. The Kier molecular flexibility index (Phi) is 3.57. The maximum absolute atomic E-state index is 12.9. The summed E-state index contributed by atoms with van der Waals surface area (Å²) in [5, 5.41) is 0. The highest BCUT2D eigenvalue weighted by molar-refractivity contribution is 5.74. The monoisotopic (exact) mass is 292 g/mol. The second-order valence-corrected chi connectivity index (χ2v) is 6.58. The lowest BCUT2D eigenvalue weighted by Crippen LogP contribution is -2.32. The molecule has 1 heterocycles. The predicted molar refractivity (Wildman–Crippen MR) is 90.2 cm³/mol. The molecule has 0 spiro atoms. The van der Waals surface area contributed by atoms with Crippen molar-refractivity contribution in [1.29, 1.82) is 0 Å². The van der Waals surface area contributed by atoms with Crippen molar-refractivity contribution < 1.29 is 0 Å². The van der Waals surface area contributed by atoms with Crippen LogP contribution < -0.4 is 5.56 Å². The van der Waals surface area contributed by atoms with Gasteiger partial charge in [0.05, 0.1) is 17.6 Å². The first-order valence-electron chi connectivity index (χ1n) is 7.51. The zero-order valence-corrected chi connectivity index (χ0v) is 13.2. The third kappa shape index (κ3) is 2.67. The number of aromatic nitrogens is 2. The molecule has 3 aromatic rings. The fourth-order valence-electron chi connectivity index (χ4n) is 2.60. The topological polar surface area (TPSA) is 34.9 Å². The highest BCUT2D eigenvalue weighted by Crippen LogP contribution is 2.20. The second-order valence-electron chi connectivity index (χ2n) is 6.58. The fourth-order valence-corrected chi connectivity index (χ4v) is 2.60. The summed E-state index contributed by atoms with van der Waals surface area (Å²) < 4.78 is 1.83. The van der Waals surface area contributed by atoms with Crippen LogP contribution in [0, 0.1) is 0 Å². The lowest BCUT2D eigenvalue weighted by atomic mass is 9.92. The summed E-state index contributed by atoms with van der Waals surface area (Å²) in [7, 11) is 0. The Morgan fingerprint density at radius 2 is 1.59 bits per heavy atom. The highest BCUT2D eigenvalue weighted by atomic mass is 16.1. The number of hydrogen-bond donors (Lipinski definition) is 0. The Balaban J connectivity index is 2.27. The van der Waals surface area contributed by atoms with Crippen LogP contribution in [0.4, 0.5) is 0 Å². The van der Waals surface area contributed by atoms with Crippen molar-refractivity contribution in [3.05, 3.63) is 76.2 Å². The van der Waals surface area contributed by atoms with E-state index in [1.807, 2.05) is 79.9 Å². The van der Waals surface area contributed by atoms with Crippen LogP contribution in [0.5, 0.6) is 0 Å². The molecule has 0 saturated carbocycles. The minimum atomic E-state index is -0.278. The Hall–Kier alpha value is -2.42. The first kappa shape index (κ1) is 14.5. The minimum Gasteiger partial charge on any atom is -0.301 e. The summed E-state index contributed by atoms with van der Waals surface area (Å²) in [5.74, 6) is 0. The lowest BCUT2D eigenvalue weighted by Gasteiger charge is -2.20. The van der Waals surface area contributed by atoms with Gasteiger partial charge < -0.3 is 4.57 Å². The van der Waals surface area contributed by atoms with Crippen LogP contribution in [0.2, 0.25) is 0 Å². The van der Waals surface area contributed by atoms with Gasteiger partial charge in [-0.25, -0.2) is 4.98 Å². The predicted octanol–water partition coefficient (Wildman–Crippen LogP) is 3.74. The molecule has 0 bridgehead atoms. The van der Waals surface area contributed by atoms with E-state index in [0.717, 1.165) is 16.6 Å². The van der Waals surface area contributed by atoms with Crippen molar-refractivity contribution in [1.82, 2.24) is 9.55 Å². The summed E-state index contributed by atoms with van der Waals surface area (Å²) in [6, 6.07) is 17.9. The quantitative estimate of drug-likeness (QED) is 0.721. The van der Waals surface area contributed by atoms with E-state index in [1.165, 1.54) is 0 Å². The molecule has 2 aromatic carbocycles. The fraction of sp³-hybridized carbons (Fsp3) is 0.263. The van der Waals surface area contributed by atoms with E-state index in [4.69, 9.17) is 0 Å². The Morgan fingerprint density at radius 1 is 0.955 bits per heavy atom. The van der Waals surface area contributed by atoms with Crippen LogP contribution in [0.1, 0.15) is 32.0 Å². The van der Waals surface area contributed by atoms with E-state index in [-0.39, 0.29) is 11.0 Å². The summed E-state index contributed by atoms with van der Waals surface area (Å²) >= 11 is 0. The van der Waals surface area contributed by atoms with Crippen LogP contribution in [0.15, 0.2) is 59.4 Å². The molecular weight excluding hydrogens is 272 g/mol. The van der Waals surface area contributed by atoms with Crippen molar-refractivity contribution in [3.8, 4) is 0 Å². The van der Waals surface area contributed by atoms with Gasteiger partial charge >= 0.3 is 0 Å². The maximum Gasteiger partial charge on any atom is 0.273 e. The van der Waals surface area contributed by atoms with Crippen LogP contribution in [-0.4, -0.2) is 9.55 Å². The third-order valence-electron chi connectivity index (χ3n) is 3.75. The molecule has 0 fully saturated rings. The van der Waals surface area contributed by atoms with Gasteiger partial charge in [-0.3, -0.25) is 4.79 Å². The molecule has 0 radical (unpaired) electrons. The van der Waals surface area contributed by atoms with E-state index >= 15 is 0 Å². The average molecular weight is 292 g/mol. The molecule has 0 unspecified atom stereocenters. The molecule has 0 aliphatic rings. The number of fused-ring (bicyclic) bond motifs is 1. The van der Waals surface area contributed by atoms with Crippen LogP contribution in [0.3, 0.4) is 0 Å². The van der Waals surface area contributed by atoms with E-state index in [2.05, 4.69) is 4.98 Å². The first-order chi connectivity index (χ1) is 10.5. The van der Waals surface area contributed by atoms with Crippen molar-refractivity contribution in [3.63, 3.8) is 0 Å². The van der Waals surface area contributed by atoms with Crippen molar-refractivity contribution >= 4 is 11.0 Å². The largest absolute Gasteiger partial charge is 0.301 e. The number of hydrogen-bond acceptors (Lipinski definition) is 2. The zero-order valence-electron chi connectivity index (χ0n) is 13.2. The number of nitrogens with zero attached hydrogens (tertiary/aromatic N) is 2. The molecule has 3 heteroatoms. The zero-order chi connectivity index (χ0) is 15.7. The molecule has 0 aliphatic carbocycles. The molecule has 22 heavy (non-hydrogen) atoms. The minimum absolute atomic E-state index is 0.00458. The maximum atomic E-state index is 12.9. The van der Waals surface area contributed by atoms with Crippen molar-refractivity contribution in [2.45, 2.75) is 32.7 Å². The van der Waals surface area contributed by atoms with Gasteiger partial charge in [-0.2, -0.15) is 0 Å². The molecule has 3 rings (SSSR count). The standard InChI is InChI=1S/C19H20N2O/c1-19(2,3)17-18(22)21(13-14-9-5-4-6-10-14)16-12-8-7-11-15(16)20-17/h4-12H,13H2,1-3H3. The number of para-hydroxylation sites is 2. The van der Waals surface area contributed by atoms with Gasteiger partial charge in [-0.1, -0.05) is 63.2 Å². The first-order valence-corrected chi connectivity index (χ1v) is 7.51. The molecule has 0 amide bonds. The summed E-state index contributed by atoms with van der Waals surface area (Å²) in [4.78, 5) is 17.5. The van der Waals surface area contributed by atoms with Gasteiger partial charge in [-0.15, -0.1) is 0 Å². The van der Waals surface area contributed by atoms with E-state index in [0.29, 0.717) is 12.2 Å². The van der Waals surface area contributed by atoms with Gasteiger partial charge in [0.2, 0.25) is 0 Å². The molecule has 3 nitrogen and oxygen atoms in total. The Bertz CT molecular complexity index is 858. The molecule has 1 aromatic heterocycles. The van der Waals surface area contributed by atoms with Crippen molar-refractivity contribution in [2.75, 3.05) is 0 Å². The van der Waals surface area contributed by atoms with E-state index < -0.39 is 0 Å². The molecule has 0 aliphatic heterocycles. The van der Waals surface area contributed by atoms with Crippen LogP contribution in [-0.2, 0) is 12.0 Å². The number of benzene rings is 2. The van der Waals surface area contributed by atoms with Gasteiger partial charge in [0.15, 0.2) is 0 Å². The molecule has 0 N–H and O–H groups in total. The summed E-state index contributed by atoms with van der Waals surface area (Å²) in [5.41, 5.74) is 3.19. The van der Waals surface area contributed by atoms with Gasteiger partial charge in [-0.05, 0) is 17.7 Å². The number of rotatable bonds is 2. The Labute approximate surface area is 130 Å². The SMILES string of the molecule is CC(C)(C)c1nc2ccccc2n(Cc2ccccc2)c1=O. The molecule has 112 valence electrons. The van der Waals surface area contributed by atoms with Crippen molar-refractivity contribution in [2.24, 2.45) is 0 Å². The normalized spacial score (nSPS) is 11.8. The molecule has 0 saturated heterocycles.